The number of likely N-dealkylation sites (tertiary alicyclic amines) is 2. The SMILES string of the molecule is O=C1CCC(N2C(=O)C3=C(C2=O)C2OC2C=C3)C(=O)N1.O=C1CCC(N2C(=O)C3=CC=CC4OC34C2=O)C(=O)N1.O=C1CCC(N2CC34OC3C=CC=C4C2=O)C(=O)N1.O=C1CCC(N2CC3=C(C2=O)C2OC2C=C3)C(=O)N1. The third-order valence-corrected chi connectivity index (χ3v) is 16.4. The van der Waals surface area contributed by atoms with Crippen molar-refractivity contribution in [2.75, 3.05) is 13.1 Å². The first-order valence-corrected chi connectivity index (χ1v) is 25.4. The summed E-state index contributed by atoms with van der Waals surface area (Å²) in [6.45, 7) is 0.836. The van der Waals surface area contributed by atoms with E-state index in [2.05, 4.69) is 21.3 Å². The molecule has 78 heavy (non-hydrogen) atoms. The van der Waals surface area contributed by atoms with Gasteiger partial charge in [-0.25, -0.2) is 0 Å². The number of fused-ring (bicyclic) bond motifs is 4. The number of nitrogens with zero attached hydrogens (tertiary/aromatic N) is 4. The average Bonchev–Trinajstić information content (AvgIpc) is 4.10. The molecule has 4 aliphatic carbocycles. The minimum Gasteiger partial charge on any atom is -0.360 e. The number of carbonyl (C=O) groups is 14. The highest BCUT2D eigenvalue weighted by Gasteiger charge is 2.74. The number of allylic oxidation sites excluding steroid dienone is 4. The van der Waals surface area contributed by atoms with Crippen LogP contribution in [0.4, 0.5) is 0 Å². The van der Waals surface area contributed by atoms with Gasteiger partial charge in [-0.2, -0.15) is 0 Å². The molecule has 16 rings (SSSR count). The first-order chi connectivity index (χ1) is 37.4. The second-order valence-electron chi connectivity index (χ2n) is 20.9. The van der Waals surface area contributed by atoms with E-state index in [9.17, 15) is 67.1 Å². The summed E-state index contributed by atoms with van der Waals surface area (Å²) in [6, 6.07) is -2.94. The number of piperidine rings is 4. The maximum absolute atomic E-state index is 12.5. The smallest absolute Gasteiger partial charge is 0.270 e. The maximum Gasteiger partial charge on any atom is 0.270 e. The van der Waals surface area contributed by atoms with Gasteiger partial charge in [0.05, 0.1) is 34.4 Å². The molecule has 12 unspecified atom stereocenters. The molecule has 14 amide bonds. The Balaban J connectivity index is 0.0000000989. The van der Waals surface area contributed by atoms with Gasteiger partial charge >= 0.3 is 0 Å². The molecule has 0 aromatic rings. The molecular formula is C52H44N8O18. The highest BCUT2D eigenvalue weighted by molar-refractivity contribution is 6.25. The summed E-state index contributed by atoms with van der Waals surface area (Å²) in [7, 11) is 0. The van der Waals surface area contributed by atoms with Crippen LogP contribution >= 0.6 is 0 Å². The second-order valence-corrected chi connectivity index (χ2v) is 20.9. The van der Waals surface area contributed by atoms with Crippen molar-refractivity contribution < 1.29 is 86.1 Å². The van der Waals surface area contributed by atoms with Crippen LogP contribution in [0.25, 0.3) is 0 Å². The zero-order valence-electron chi connectivity index (χ0n) is 40.8. The number of carbonyl (C=O) groups excluding carboxylic acids is 14. The number of nitrogens with one attached hydrogen (secondary N) is 4. The Kier molecular flexibility index (Phi) is 11.0. The van der Waals surface area contributed by atoms with Gasteiger partial charge in [0.2, 0.25) is 52.9 Å². The lowest BCUT2D eigenvalue weighted by Crippen LogP contribution is -2.55. The molecule has 16 aliphatic rings. The fourth-order valence-corrected chi connectivity index (χ4v) is 12.2. The standard InChI is InChI=1S/2C13H10N2O5.2C13H12N2O4/c16-8-4-2-6(11(17)14-8)15-12(18)5-1-3-7-10(20-7)9(5)13(15)19;16-9-5-4-7(10(17)14-9)15-11(18)6-2-1-3-8-13(6,20-8)12(15)19;16-9-4-2-7(12(17)14-9)15-5-6-1-3-8-11(19-8)10(6)13(15)18;16-10-5-4-8(11(17)14-10)15-6-13-7(12(15)18)2-1-3-9(13)19-13/h1,3,6-7,10H,2,4H2,(H,14,16,17);1-3,7-8H,4-5H2,(H,14,16,17);1,3,7-8,11H,2,4-5H2,(H,14,16,17);1-3,8-9H,4-6H2,(H,14,16,17). The lowest BCUT2D eigenvalue weighted by Gasteiger charge is -2.29. The third-order valence-electron chi connectivity index (χ3n) is 16.4. The van der Waals surface area contributed by atoms with Crippen LogP contribution in [0.2, 0.25) is 0 Å². The Bertz CT molecular complexity index is 3300. The van der Waals surface area contributed by atoms with E-state index < -0.39 is 76.9 Å². The first-order valence-electron chi connectivity index (χ1n) is 25.4. The van der Waals surface area contributed by atoms with Crippen LogP contribution in [0, 0.1) is 0 Å². The van der Waals surface area contributed by atoms with Crippen molar-refractivity contribution in [1.82, 2.24) is 40.9 Å². The number of rotatable bonds is 4. The predicted molar refractivity (Wildman–Crippen MR) is 251 cm³/mol. The average molecular weight is 1070 g/mol. The Morgan fingerprint density at radius 2 is 0.987 bits per heavy atom. The zero-order valence-corrected chi connectivity index (χ0v) is 40.8. The molecule has 0 aromatic heterocycles. The fraction of sp³-hybridized carbons (Fsp3) is 0.423. The van der Waals surface area contributed by atoms with Crippen LogP contribution in [-0.4, -0.2) is 187 Å². The molecule has 10 saturated heterocycles. The monoisotopic (exact) mass is 1070 g/mol. The number of imide groups is 6. The summed E-state index contributed by atoms with van der Waals surface area (Å²) in [5.41, 5.74) is 1.43. The van der Waals surface area contributed by atoms with Gasteiger partial charge in [-0.3, -0.25) is 98.2 Å². The van der Waals surface area contributed by atoms with E-state index in [0.29, 0.717) is 48.2 Å². The van der Waals surface area contributed by atoms with Gasteiger partial charge < -0.3 is 28.7 Å². The van der Waals surface area contributed by atoms with Gasteiger partial charge in [0.1, 0.15) is 66.4 Å². The lowest BCUT2D eigenvalue weighted by molar-refractivity contribution is -0.151. The molecule has 0 aromatic carbocycles. The molecule has 12 atom stereocenters. The van der Waals surface area contributed by atoms with E-state index in [-0.39, 0.29) is 122 Å². The molecule has 0 radical (unpaired) electrons. The Hall–Kier alpha value is -8.46. The molecule has 0 saturated carbocycles. The summed E-state index contributed by atoms with van der Waals surface area (Å²) in [4.78, 5) is 171. The first kappa shape index (κ1) is 49.1. The van der Waals surface area contributed by atoms with Crippen LogP contribution in [-0.2, 0) is 86.1 Å². The van der Waals surface area contributed by atoms with Crippen LogP contribution in [0.5, 0.6) is 0 Å². The van der Waals surface area contributed by atoms with Gasteiger partial charge in [-0.05, 0) is 31.3 Å². The minimum absolute atomic E-state index is 0.0319. The number of ether oxygens (including phenoxy) is 4. The molecule has 400 valence electrons. The van der Waals surface area contributed by atoms with Gasteiger partial charge in [-0.1, -0.05) is 60.8 Å². The molecule has 2 spiro atoms. The number of epoxide rings is 4. The van der Waals surface area contributed by atoms with Gasteiger partial charge in [-0.15, -0.1) is 0 Å². The number of hydrogen-bond donors (Lipinski definition) is 4. The van der Waals surface area contributed by atoms with E-state index >= 15 is 0 Å². The minimum atomic E-state index is -1.21. The maximum atomic E-state index is 12.5. The normalized spacial score (nSPS) is 37.4. The van der Waals surface area contributed by atoms with Crippen LogP contribution in [0.15, 0.2) is 94.2 Å². The van der Waals surface area contributed by atoms with Crippen molar-refractivity contribution >= 4 is 82.7 Å². The van der Waals surface area contributed by atoms with Crippen molar-refractivity contribution in [1.29, 1.82) is 0 Å². The summed E-state index contributed by atoms with van der Waals surface area (Å²) in [5.74, 6) is -5.51. The van der Waals surface area contributed by atoms with E-state index in [1.54, 1.807) is 46.3 Å². The third kappa shape index (κ3) is 7.59. The van der Waals surface area contributed by atoms with E-state index in [1.165, 1.54) is 0 Å². The molecule has 12 heterocycles. The van der Waals surface area contributed by atoms with Crippen molar-refractivity contribution in [2.24, 2.45) is 0 Å². The highest BCUT2D eigenvalue weighted by Crippen LogP contribution is 2.53. The van der Waals surface area contributed by atoms with E-state index in [1.807, 2.05) is 24.3 Å². The van der Waals surface area contributed by atoms with Crippen molar-refractivity contribution in [2.45, 2.75) is 123 Å². The molecular weight excluding hydrogens is 1020 g/mol. The molecule has 4 N–H and O–H groups in total. The molecule has 0 bridgehead atoms. The highest BCUT2D eigenvalue weighted by atomic mass is 16.6. The van der Waals surface area contributed by atoms with E-state index in [4.69, 9.17) is 18.9 Å². The zero-order chi connectivity index (χ0) is 54.4. The fourth-order valence-electron chi connectivity index (χ4n) is 12.2. The summed E-state index contributed by atoms with van der Waals surface area (Å²) in [5, 5.41) is 8.89. The molecule has 12 aliphatic heterocycles. The topological polar surface area (TPSA) is 350 Å². The van der Waals surface area contributed by atoms with Crippen LogP contribution < -0.4 is 21.3 Å². The Morgan fingerprint density at radius 3 is 1.55 bits per heavy atom. The molecule has 26 heteroatoms. The number of amides is 14. The summed E-state index contributed by atoms with van der Waals surface area (Å²) in [6.07, 6.45) is 18.5. The van der Waals surface area contributed by atoms with Gasteiger partial charge in [0.15, 0.2) is 0 Å². The van der Waals surface area contributed by atoms with Crippen molar-refractivity contribution in [3.8, 4) is 0 Å². The predicted octanol–water partition coefficient (Wildman–Crippen LogP) is -3.88. The van der Waals surface area contributed by atoms with Crippen LogP contribution in [0.3, 0.4) is 0 Å². The quantitative estimate of drug-likeness (QED) is 0.155. The Labute approximate surface area is 439 Å². The second kappa shape index (κ2) is 17.5. The lowest BCUT2D eigenvalue weighted by atomic mass is 9.93. The Morgan fingerprint density at radius 1 is 0.474 bits per heavy atom. The number of hydrogen-bond acceptors (Lipinski definition) is 18. The summed E-state index contributed by atoms with van der Waals surface area (Å²) >= 11 is 0. The van der Waals surface area contributed by atoms with Crippen LogP contribution in [0.1, 0.15) is 51.4 Å². The van der Waals surface area contributed by atoms with Gasteiger partial charge in [0.25, 0.3) is 35.4 Å². The van der Waals surface area contributed by atoms with E-state index in [0.717, 1.165) is 15.4 Å². The summed E-state index contributed by atoms with van der Waals surface area (Å²) < 4.78 is 21.7. The largest absolute Gasteiger partial charge is 0.360 e. The van der Waals surface area contributed by atoms with Crippen molar-refractivity contribution in [3.05, 3.63) is 94.2 Å². The van der Waals surface area contributed by atoms with Gasteiger partial charge in [0, 0.05) is 32.2 Å². The molecule has 10 fully saturated rings. The van der Waals surface area contributed by atoms with Crippen molar-refractivity contribution in [3.63, 3.8) is 0 Å². The molecule has 26 nitrogen and oxygen atoms in total.